The van der Waals surface area contributed by atoms with Crippen LogP contribution in [-0.2, 0) is 14.3 Å². The molecular weight excluding hydrogens is 360 g/mol. The van der Waals surface area contributed by atoms with Gasteiger partial charge in [0.2, 0.25) is 0 Å². The zero-order chi connectivity index (χ0) is 19.1. The molecule has 0 unspecified atom stereocenters. The van der Waals surface area contributed by atoms with Crippen LogP contribution in [0.3, 0.4) is 0 Å². The summed E-state index contributed by atoms with van der Waals surface area (Å²) in [4.78, 5) is 39.0. The Labute approximate surface area is 155 Å². The number of ketones is 1. The number of carbonyl (C=O) groups is 3. The van der Waals surface area contributed by atoms with Crippen molar-refractivity contribution < 1.29 is 23.9 Å². The molecule has 8 heteroatoms. The first-order valence-corrected chi connectivity index (χ1v) is 8.09. The summed E-state index contributed by atoms with van der Waals surface area (Å²) in [5.41, 5.74) is 0.788. The number of pyridine rings is 1. The van der Waals surface area contributed by atoms with E-state index in [0.29, 0.717) is 17.0 Å². The van der Waals surface area contributed by atoms with Crippen molar-refractivity contribution >= 4 is 34.9 Å². The van der Waals surface area contributed by atoms with Crippen molar-refractivity contribution in [2.45, 2.75) is 20.0 Å². The molecule has 7 nitrogen and oxygen atoms in total. The lowest BCUT2D eigenvalue weighted by Gasteiger charge is -2.14. The molecule has 0 fully saturated rings. The van der Waals surface area contributed by atoms with Crippen LogP contribution in [0, 0.1) is 0 Å². The molecular formula is C18H17ClN2O5. The third kappa shape index (κ3) is 5.56. The molecule has 136 valence electrons. The lowest BCUT2D eigenvalue weighted by molar-refractivity contribution is -0.155. The van der Waals surface area contributed by atoms with Crippen LogP contribution in [0.4, 0.5) is 5.69 Å². The smallest absolute Gasteiger partial charge is 0.344 e. The van der Waals surface area contributed by atoms with Gasteiger partial charge in [-0.3, -0.25) is 9.59 Å². The lowest BCUT2D eigenvalue weighted by atomic mass is 10.1. The maximum Gasteiger partial charge on any atom is 0.344 e. The molecule has 0 spiro atoms. The van der Waals surface area contributed by atoms with E-state index < -0.39 is 24.6 Å². The van der Waals surface area contributed by atoms with Gasteiger partial charge in [-0.05, 0) is 38.1 Å². The molecule has 2 aromatic rings. The molecule has 1 aromatic heterocycles. The minimum atomic E-state index is -1.05. The summed E-state index contributed by atoms with van der Waals surface area (Å²) in [5, 5.41) is 2.65. The molecule has 1 aromatic carbocycles. The first-order valence-electron chi connectivity index (χ1n) is 7.71. The van der Waals surface area contributed by atoms with Crippen molar-refractivity contribution in [1.29, 1.82) is 0 Å². The predicted molar refractivity (Wildman–Crippen MR) is 95.4 cm³/mol. The van der Waals surface area contributed by atoms with E-state index >= 15 is 0 Å². The Balaban J connectivity index is 1.85. The molecule has 1 atom stereocenters. The number of hydrogen-bond donors (Lipinski definition) is 1. The average Bonchev–Trinajstić information content (AvgIpc) is 2.62. The van der Waals surface area contributed by atoms with Gasteiger partial charge in [-0.15, -0.1) is 0 Å². The summed E-state index contributed by atoms with van der Waals surface area (Å²) < 4.78 is 10.3. The number of nitrogens with zero attached hydrogens (tertiary/aromatic N) is 1. The quantitative estimate of drug-likeness (QED) is 0.453. The molecule has 2 rings (SSSR count). The van der Waals surface area contributed by atoms with Crippen LogP contribution in [0.15, 0.2) is 42.6 Å². The highest BCUT2D eigenvalue weighted by atomic mass is 35.5. The van der Waals surface area contributed by atoms with Crippen molar-refractivity contribution in [1.82, 2.24) is 4.98 Å². The maximum absolute atomic E-state index is 12.0. The molecule has 1 amide bonds. The fourth-order valence-corrected chi connectivity index (χ4v) is 2.11. The first kappa shape index (κ1) is 19.4. The molecule has 0 bridgehead atoms. The summed E-state index contributed by atoms with van der Waals surface area (Å²) >= 11 is 5.85. The molecule has 0 aliphatic rings. The number of nitrogens with one attached hydrogen (secondary N) is 1. The van der Waals surface area contributed by atoms with Gasteiger partial charge in [0.05, 0.1) is 5.69 Å². The summed E-state index contributed by atoms with van der Waals surface area (Å²) in [6.45, 7) is 2.46. The Bertz CT molecular complexity index is 825. The SMILES string of the molecule is CC(=O)c1cccc(OCC(=O)O[C@H](C)C(=O)Nc2cccnc2Cl)c1. The van der Waals surface area contributed by atoms with Gasteiger partial charge < -0.3 is 14.8 Å². The number of aromatic nitrogens is 1. The van der Waals surface area contributed by atoms with E-state index in [0.717, 1.165) is 0 Å². The van der Waals surface area contributed by atoms with Crippen LogP contribution in [0.1, 0.15) is 24.2 Å². The van der Waals surface area contributed by atoms with Crippen molar-refractivity contribution in [2.24, 2.45) is 0 Å². The average molecular weight is 377 g/mol. The van der Waals surface area contributed by atoms with Gasteiger partial charge in [0.15, 0.2) is 23.6 Å². The summed E-state index contributed by atoms with van der Waals surface area (Å²) in [6.07, 6.45) is 0.436. The van der Waals surface area contributed by atoms with Crippen LogP contribution < -0.4 is 10.1 Å². The van der Waals surface area contributed by atoms with Crippen LogP contribution in [0.5, 0.6) is 5.75 Å². The number of anilines is 1. The lowest BCUT2D eigenvalue weighted by Crippen LogP contribution is -2.31. The Morgan fingerprint density at radius 3 is 2.69 bits per heavy atom. The van der Waals surface area contributed by atoms with Crippen molar-refractivity contribution in [3.63, 3.8) is 0 Å². The number of Topliss-reactive ketones (excluding diaryl/α,β-unsaturated/α-hetero) is 1. The number of ether oxygens (including phenoxy) is 2. The van der Waals surface area contributed by atoms with Gasteiger partial charge in [0.25, 0.3) is 5.91 Å². The van der Waals surface area contributed by atoms with Crippen LogP contribution >= 0.6 is 11.6 Å². The molecule has 1 N–H and O–H groups in total. The molecule has 0 aliphatic heterocycles. The van der Waals surface area contributed by atoms with E-state index in [1.54, 1.807) is 30.3 Å². The minimum Gasteiger partial charge on any atom is -0.482 e. The molecule has 0 saturated carbocycles. The van der Waals surface area contributed by atoms with Crippen LogP contribution in [-0.4, -0.2) is 35.4 Å². The second kappa shape index (κ2) is 8.96. The number of carbonyl (C=O) groups excluding carboxylic acids is 3. The molecule has 26 heavy (non-hydrogen) atoms. The highest BCUT2D eigenvalue weighted by molar-refractivity contribution is 6.32. The fraction of sp³-hybridized carbons (Fsp3) is 0.222. The van der Waals surface area contributed by atoms with Gasteiger partial charge >= 0.3 is 5.97 Å². The molecule has 0 radical (unpaired) electrons. The van der Waals surface area contributed by atoms with Crippen LogP contribution in [0.2, 0.25) is 5.15 Å². The topological polar surface area (TPSA) is 94.6 Å². The minimum absolute atomic E-state index is 0.114. The van der Waals surface area contributed by atoms with Gasteiger partial charge in [-0.1, -0.05) is 23.7 Å². The van der Waals surface area contributed by atoms with E-state index in [2.05, 4.69) is 10.3 Å². The second-order valence-electron chi connectivity index (χ2n) is 5.34. The Kier molecular flexibility index (Phi) is 6.68. The summed E-state index contributed by atoms with van der Waals surface area (Å²) in [5.74, 6) is -1.03. The Morgan fingerprint density at radius 1 is 1.23 bits per heavy atom. The number of hydrogen-bond acceptors (Lipinski definition) is 6. The van der Waals surface area contributed by atoms with Gasteiger partial charge in [0.1, 0.15) is 5.75 Å². The fourth-order valence-electron chi connectivity index (χ4n) is 1.95. The zero-order valence-electron chi connectivity index (χ0n) is 14.2. The largest absolute Gasteiger partial charge is 0.482 e. The maximum atomic E-state index is 12.0. The van der Waals surface area contributed by atoms with E-state index in [-0.39, 0.29) is 10.9 Å². The predicted octanol–water partition coefficient (Wildman–Crippen LogP) is 2.89. The van der Waals surface area contributed by atoms with Crippen molar-refractivity contribution in [3.8, 4) is 5.75 Å². The van der Waals surface area contributed by atoms with E-state index in [1.165, 1.54) is 26.1 Å². The zero-order valence-corrected chi connectivity index (χ0v) is 14.9. The van der Waals surface area contributed by atoms with E-state index in [4.69, 9.17) is 21.1 Å². The number of benzene rings is 1. The molecule has 0 aliphatic carbocycles. The van der Waals surface area contributed by atoms with Gasteiger partial charge in [-0.2, -0.15) is 0 Å². The number of amides is 1. The molecule has 0 saturated heterocycles. The van der Waals surface area contributed by atoms with E-state index in [1.807, 2.05) is 0 Å². The number of halogens is 1. The standard InChI is InChI=1S/C18H17ClN2O5/c1-11(22)13-5-3-6-14(9-13)25-10-16(23)26-12(2)18(24)21-15-7-4-8-20-17(15)19/h3-9,12H,10H2,1-2H3,(H,21,24)/t12-/m1/s1. The highest BCUT2D eigenvalue weighted by Crippen LogP contribution is 2.18. The summed E-state index contributed by atoms with van der Waals surface area (Å²) in [6, 6.07) is 9.61. The van der Waals surface area contributed by atoms with Gasteiger partial charge in [0, 0.05) is 11.8 Å². The third-order valence-electron chi connectivity index (χ3n) is 3.29. The Morgan fingerprint density at radius 2 is 2.00 bits per heavy atom. The highest BCUT2D eigenvalue weighted by Gasteiger charge is 2.19. The van der Waals surface area contributed by atoms with Crippen LogP contribution in [0.25, 0.3) is 0 Å². The Hall–Kier alpha value is -2.93. The number of rotatable bonds is 7. The summed E-state index contributed by atoms with van der Waals surface area (Å²) in [7, 11) is 0. The van der Waals surface area contributed by atoms with Crippen molar-refractivity contribution in [3.05, 3.63) is 53.3 Å². The monoisotopic (exact) mass is 376 g/mol. The van der Waals surface area contributed by atoms with Crippen molar-refractivity contribution in [2.75, 3.05) is 11.9 Å². The van der Waals surface area contributed by atoms with E-state index in [9.17, 15) is 14.4 Å². The second-order valence-corrected chi connectivity index (χ2v) is 5.69. The van der Waals surface area contributed by atoms with Gasteiger partial charge in [-0.25, -0.2) is 9.78 Å². The number of esters is 1. The molecule has 1 heterocycles. The normalized spacial score (nSPS) is 11.3. The third-order valence-corrected chi connectivity index (χ3v) is 3.59. The first-order chi connectivity index (χ1) is 12.4.